The number of esters is 1. The van der Waals surface area contributed by atoms with Crippen LogP contribution in [0.4, 0.5) is 0 Å². The first-order valence-electron chi connectivity index (χ1n) is 8.45. The highest BCUT2D eigenvalue weighted by atomic mass is 35.5. The van der Waals surface area contributed by atoms with Crippen LogP contribution in [0.25, 0.3) is 0 Å². The van der Waals surface area contributed by atoms with Crippen molar-refractivity contribution in [2.45, 2.75) is 56.7 Å². The lowest BCUT2D eigenvalue weighted by Crippen LogP contribution is -2.46. The number of piperidine rings is 1. The molecule has 3 rings (SSSR count). The molecule has 0 radical (unpaired) electrons. The predicted octanol–water partition coefficient (Wildman–Crippen LogP) is 2.97. The highest BCUT2D eigenvalue weighted by Crippen LogP contribution is 2.37. The van der Waals surface area contributed by atoms with E-state index in [0.717, 1.165) is 24.9 Å². The minimum atomic E-state index is -0.630. The lowest BCUT2D eigenvalue weighted by Gasteiger charge is -2.38. The summed E-state index contributed by atoms with van der Waals surface area (Å²) in [6, 6.07) is 8.08. The lowest BCUT2D eigenvalue weighted by atomic mass is 9.98. The van der Waals surface area contributed by atoms with Crippen LogP contribution in [0.2, 0.25) is 5.02 Å². The molecule has 2 aliphatic rings. The normalized spacial score (nSPS) is 28.6. The number of hydrogen-bond acceptors (Lipinski definition) is 4. The van der Waals surface area contributed by atoms with Gasteiger partial charge in [0.25, 0.3) is 0 Å². The Labute approximate surface area is 142 Å². The molecule has 4 atom stereocenters. The maximum absolute atomic E-state index is 12.5. The van der Waals surface area contributed by atoms with Crippen LogP contribution in [0.1, 0.15) is 44.1 Å². The Bertz CT molecular complexity index is 534. The van der Waals surface area contributed by atoms with E-state index in [-0.39, 0.29) is 18.7 Å². The van der Waals surface area contributed by atoms with Gasteiger partial charge in [0.15, 0.2) is 0 Å². The number of halogens is 1. The number of carbonyl (C=O) groups excluding carboxylic acids is 1. The van der Waals surface area contributed by atoms with Crippen molar-refractivity contribution in [3.8, 4) is 0 Å². The van der Waals surface area contributed by atoms with E-state index in [4.69, 9.17) is 16.3 Å². The van der Waals surface area contributed by atoms with Crippen molar-refractivity contribution < 1.29 is 14.6 Å². The molecule has 1 aromatic rings. The second-order valence-corrected chi connectivity index (χ2v) is 6.97. The molecule has 0 aliphatic carbocycles. The molecule has 2 aliphatic heterocycles. The number of aliphatic hydroxyl groups excluding tert-OH is 1. The van der Waals surface area contributed by atoms with Crippen LogP contribution in [-0.4, -0.2) is 47.3 Å². The van der Waals surface area contributed by atoms with Crippen LogP contribution in [-0.2, 0) is 9.53 Å². The van der Waals surface area contributed by atoms with Crippen LogP contribution in [0.15, 0.2) is 24.3 Å². The van der Waals surface area contributed by atoms with Crippen molar-refractivity contribution >= 4 is 17.6 Å². The molecule has 0 saturated carbocycles. The standard InChI is InChI=1S/C18H24ClNO3/c1-2-20-14-7-8-15(20)10-16(9-14)23-18(22)17(11-21)12-3-5-13(19)6-4-12/h3-6,14-17,21H,2,7-11H2,1H3/t14-,15+,16?,17-/m1/s1. The van der Waals surface area contributed by atoms with Gasteiger partial charge in [0.05, 0.1) is 6.61 Å². The van der Waals surface area contributed by atoms with Gasteiger partial charge in [-0.15, -0.1) is 0 Å². The quantitative estimate of drug-likeness (QED) is 0.839. The van der Waals surface area contributed by atoms with Crippen molar-refractivity contribution in [2.75, 3.05) is 13.2 Å². The molecule has 1 aromatic carbocycles. The van der Waals surface area contributed by atoms with Crippen LogP contribution < -0.4 is 0 Å². The van der Waals surface area contributed by atoms with Gasteiger partial charge in [-0.25, -0.2) is 0 Å². The molecule has 0 amide bonds. The fourth-order valence-electron chi connectivity index (χ4n) is 4.09. The fraction of sp³-hybridized carbons (Fsp3) is 0.611. The summed E-state index contributed by atoms with van der Waals surface area (Å²) in [6.45, 7) is 3.02. The molecule has 2 fully saturated rings. The third kappa shape index (κ3) is 3.54. The van der Waals surface area contributed by atoms with Gasteiger partial charge >= 0.3 is 5.97 Å². The van der Waals surface area contributed by atoms with E-state index >= 15 is 0 Å². The Morgan fingerprint density at radius 3 is 2.43 bits per heavy atom. The number of ether oxygens (including phenoxy) is 1. The molecule has 2 saturated heterocycles. The van der Waals surface area contributed by atoms with E-state index in [2.05, 4.69) is 11.8 Å². The average Bonchev–Trinajstić information content (AvgIpc) is 2.79. The van der Waals surface area contributed by atoms with Crippen molar-refractivity contribution in [3.05, 3.63) is 34.9 Å². The molecule has 2 bridgehead atoms. The lowest BCUT2D eigenvalue weighted by molar-refractivity contribution is -0.155. The maximum Gasteiger partial charge on any atom is 0.316 e. The van der Waals surface area contributed by atoms with E-state index in [9.17, 15) is 9.90 Å². The minimum Gasteiger partial charge on any atom is -0.462 e. The highest BCUT2D eigenvalue weighted by molar-refractivity contribution is 6.30. The van der Waals surface area contributed by atoms with Gasteiger partial charge in [-0.1, -0.05) is 30.7 Å². The number of nitrogens with zero attached hydrogens (tertiary/aromatic N) is 1. The number of hydrogen-bond donors (Lipinski definition) is 1. The van der Waals surface area contributed by atoms with Gasteiger partial charge in [0.2, 0.25) is 0 Å². The summed E-state index contributed by atoms with van der Waals surface area (Å²) in [7, 11) is 0. The van der Waals surface area contributed by atoms with Crippen LogP contribution in [0, 0.1) is 0 Å². The maximum atomic E-state index is 12.5. The number of benzene rings is 1. The highest BCUT2D eigenvalue weighted by Gasteiger charge is 2.41. The van der Waals surface area contributed by atoms with Gasteiger partial charge in [0, 0.05) is 29.9 Å². The van der Waals surface area contributed by atoms with E-state index < -0.39 is 5.92 Å². The van der Waals surface area contributed by atoms with Crippen molar-refractivity contribution in [1.29, 1.82) is 0 Å². The molecule has 23 heavy (non-hydrogen) atoms. The monoisotopic (exact) mass is 337 g/mol. The summed E-state index contributed by atoms with van der Waals surface area (Å²) in [5.74, 6) is -0.960. The van der Waals surface area contributed by atoms with Crippen molar-refractivity contribution in [2.24, 2.45) is 0 Å². The van der Waals surface area contributed by atoms with E-state index in [0.29, 0.717) is 17.1 Å². The Morgan fingerprint density at radius 2 is 1.91 bits per heavy atom. The molecule has 0 spiro atoms. The molecule has 1 N–H and O–H groups in total. The second kappa shape index (κ2) is 7.20. The SMILES string of the molecule is CCN1[C@@H]2CC[C@H]1CC(OC(=O)[C@H](CO)c1ccc(Cl)cc1)C2. The zero-order chi connectivity index (χ0) is 16.4. The predicted molar refractivity (Wildman–Crippen MR) is 89.6 cm³/mol. The fourth-order valence-corrected chi connectivity index (χ4v) is 4.22. The second-order valence-electron chi connectivity index (χ2n) is 6.53. The third-order valence-electron chi connectivity index (χ3n) is 5.23. The number of fused-ring (bicyclic) bond motifs is 2. The van der Waals surface area contributed by atoms with Gasteiger partial charge in [0.1, 0.15) is 12.0 Å². The molecule has 5 heteroatoms. The van der Waals surface area contributed by atoms with E-state index in [1.807, 2.05) is 0 Å². The molecule has 2 heterocycles. The molecular weight excluding hydrogens is 314 g/mol. The number of carbonyl (C=O) groups is 1. The van der Waals surface area contributed by atoms with Gasteiger partial charge in [-0.3, -0.25) is 9.69 Å². The summed E-state index contributed by atoms with van der Waals surface area (Å²) < 4.78 is 5.74. The van der Waals surface area contributed by atoms with Crippen molar-refractivity contribution in [3.63, 3.8) is 0 Å². The summed E-state index contributed by atoms with van der Waals surface area (Å²) in [6.07, 6.45) is 4.20. The third-order valence-corrected chi connectivity index (χ3v) is 5.48. The summed E-state index contributed by atoms with van der Waals surface area (Å²) in [5.41, 5.74) is 0.746. The first-order chi connectivity index (χ1) is 11.1. The van der Waals surface area contributed by atoms with Gasteiger partial charge in [-0.05, 0) is 37.1 Å². The van der Waals surface area contributed by atoms with E-state index in [1.54, 1.807) is 24.3 Å². The smallest absolute Gasteiger partial charge is 0.316 e. The first-order valence-corrected chi connectivity index (χ1v) is 8.82. The Balaban J connectivity index is 1.63. The molecule has 126 valence electrons. The van der Waals surface area contributed by atoms with Crippen LogP contribution >= 0.6 is 11.6 Å². The Hall–Kier alpha value is -1.10. The Morgan fingerprint density at radius 1 is 1.30 bits per heavy atom. The molecular formula is C18H24ClNO3. The average molecular weight is 338 g/mol. The van der Waals surface area contributed by atoms with Crippen LogP contribution in [0.3, 0.4) is 0 Å². The minimum absolute atomic E-state index is 0.0239. The summed E-state index contributed by atoms with van der Waals surface area (Å²) in [5, 5.41) is 10.2. The van der Waals surface area contributed by atoms with Crippen LogP contribution in [0.5, 0.6) is 0 Å². The van der Waals surface area contributed by atoms with Crippen molar-refractivity contribution in [1.82, 2.24) is 4.90 Å². The zero-order valence-corrected chi connectivity index (χ0v) is 14.2. The van der Waals surface area contributed by atoms with E-state index in [1.165, 1.54) is 12.8 Å². The largest absolute Gasteiger partial charge is 0.462 e. The molecule has 4 nitrogen and oxygen atoms in total. The number of rotatable bonds is 5. The zero-order valence-electron chi connectivity index (χ0n) is 13.5. The number of aliphatic hydroxyl groups is 1. The molecule has 1 unspecified atom stereocenters. The molecule has 0 aromatic heterocycles. The Kier molecular flexibility index (Phi) is 5.24. The summed E-state index contributed by atoms with van der Waals surface area (Å²) in [4.78, 5) is 15.0. The van der Waals surface area contributed by atoms with Gasteiger partial charge in [-0.2, -0.15) is 0 Å². The topological polar surface area (TPSA) is 49.8 Å². The first kappa shape index (κ1) is 16.7. The van der Waals surface area contributed by atoms with Gasteiger partial charge < -0.3 is 9.84 Å². The summed E-state index contributed by atoms with van der Waals surface area (Å²) >= 11 is 5.88.